The normalized spacial score (nSPS) is 11.8. The maximum Gasteiger partial charge on any atom is 0.232 e. The summed E-state index contributed by atoms with van der Waals surface area (Å²) in [5.74, 6) is 1.92. The molecule has 2 N–H and O–H groups in total. The quantitative estimate of drug-likeness (QED) is 0.391. The minimum absolute atomic E-state index is 0. The van der Waals surface area contributed by atoms with Crippen LogP contribution in [0, 0.1) is 0 Å². The van der Waals surface area contributed by atoms with E-state index in [0.717, 1.165) is 23.6 Å². The maximum atomic E-state index is 6.15. The molecule has 0 fully saturated rings. The van der Waals surface area contributed by atoms with Gasteiger partial charge in [0.15, 0.2) is 11.8 Å². The van der Waals surface area contributed by atoms with Crippen LogP contribution in [0.5, 0.6) is 0 Å². The Hall–Kier alpha value is -1.35. The van der Waals surface area contributed by atoms with Crippen LogP contribution < -0.4 is 10.6 Å². The van der Waals surface area contributed by atoms with E-state index in [-0.39, 0.29) is 29.4 Å². The first-order valence-corrected chi connectivity index (χ1v) is 8.29. The number of hydrogen-bond donors (Lipinski definition) is 2. The predicted octanol–water partition coefficient (Wildman–Crippen LogP) is 3.55. The highest BCUT2D eigenvalue weighted by atomic mass is 127. The van der Waals surface area contributed by atoms with Gasteiger partial charge >= 0.3 is 0 Å². The van der Waals surface area contributed by atoms with Crippen LogP contribution in [0.15, 0.2) is 33.8 Å². The van der Waals surface area contributed by atoms with Crippen molar-refractivity contribution in [1.29, 1.82) is 0 Å². The van der Waals surface area contributed by atoms with E-state index >= 15 is 0 Å². The third kappa shape index (κ3) is 6.81. The summed E-state index contributed by atoms with van der Waals surface area (Å²) in [6, 6.07) is 7.83. The molecule has 2 aromatic rings. The highest BCUT2D eigenvalue weighted by Crippen LogP contribution is 2.19. The van der Waals surface area contributed by atoms with Gasteiger partial charge in [-0.25, -0.2) is 0 Å². The lowest BCUT2D eigenvalue weighted by Crippen LogP contribution is -2.38. The van der Waals surface area contributed by atoms with Gasteiger partial charge in [0.05, 0.1) is 6.54 Å². The molecule has 0 aliphatic rings. The summed E-state index contributed by atoms with van der Waals surface area (Å²) in [6.45, 7) is 7.28. The smallest absolute Gasteiger partial charge is 0.232 e. The minimum Gasteiger partial charge on any atom is -0.356 e. The van der Waals surface area contributed by atoms with Gasteiger partial charge in [-0.3, -0.25) is 4.99 Å². The van der Waals surface area contributed by atoms with Crippen LogP contribution in [0.4, 0.5) is 0 Å². The molecule has 1 heterocycles. The second kappa shape index (κ2) is 9.96. The summed E-state index contributed by atoms with van der Waals surface area (Å²) in [6.07, 6.45) is 0.816. The lowest BCUT2D eigenvalue weighted by atomic mass is 9.97. The monoisotopic (exact) mass is 477 g/mol. The fourth-order valence-electron chi connectivity index (χ4n) is 2.03. The van der Waals surface area contributed by atoms with E-state index in [1.54, 1.807) is 7.05 Å². The summed E-state index contributed by atoms with van der Waals surface area (Å²) in [4.78, 5) is 8.57. The number of nitrogens with one attached hydrogen (secondary N) is 2. The molecule has 138 valence electrons. The summed E-state index contributed by atoms with van der Waals surface area (Å²) in [5, 5.41) is 11.2. The van der Waals surface area contributed by atoms with Crippen molar-refractivity contribution in [2.45, 2.75) is 39.2 Å². The van der Waals surface area contributed by atoms with Gasteiger partial charge in [0.1, 0.15) is 0 Å². The van der Waals surface area contributed by atoms with E-state index in [9.17, 15) is 0 Å². The first-order valence-electron chi connectivity index (χ1n) is 7.91. The summed E-state index contributed by atoms with van der Waals surface area (Å²) >= 11 is 6.15. The van der Waals surface area contributed by atoms with Crippen molar-refractivity contribution in [3.8, 4) is 0 Å². The van der Waals surface area contributed by atoms with Crippen molar-refractivity contribution in [3.63, 3.8) is 0 Å². The Morgan fingerprint density at radius 1 is 1.24 bits per heavy atom. The molecule has 0 aliphatic heterocycles. The highest BCUT2D eigenvalue weighted by molar-refractivity contribution is 14.0. The van der Waals surface area contributed by atoms with E-state index in [1.165, 1.54) is 0 Å². The van der Waals surface area contributed by atoms with Crippen LogP contribution in [0.3, 0.4) is 0 Å². The number of benzene rings is 1. The Morgan fingerprint density at radius 2 is 1.96 bits per heavy atom. The first-order chi connectivity index (χ1) is 11.4. The van der Waals surface area contributed by atoms with Crippen LogP contribution in [0.25, 0.3) is 0 Å². The maximum absolute atomic E-state index is 6.15. The number of guanidine groups is 1. The van der Waals surface area contributed by atoms with Crippen molar-refractivity contribution < 1.29 is 4.52 Å². The zero-order valence-corrected chi connectivity index (χ0v) is 18.1. The van der Waals surface area contributed by atoms with Gasteiger partial charge in [-0.2, -0.15) is 4.98 Å². The van der Waals surface area contributed by atoms with Crippen molar-refractivity contribution >= 4 is 41.5 Å². The summed E-state index contributed by atoms with van der Waals surface area (Å²) < 4.78 is 5.27. The van der Waals surface area contributed by atoms with Gasteiger partial charge in [-0.15, -0.1) is 24.0 Å². The molecule has 0 saturated heterocycles. The Morgan fingerprint density at radius 3 is 2.56 bits per heavy atom. The van der Waals surface area contributed by atoms with E-state index in [2.05, 4.69) is 25.8 Å². The van der Waals surface area contributed by atoms with Crippen LogP contribution in [0.1, 0.15) is 38.0 Å². The lowest BCUT2D eigenvalue weighted by molar-refractivity contribution is 0.318. The molecule has 1 aromatic carbocycles. The van der Waals surface area contributed by atoms with Crippen LogP contribution in [-0.2, 0) is 18.4 Å². The summed E-state index contributed by atoms with van der Waals surface area (Å²) in [5.41, 5.74) is 0.954. The molecule has 2 rings (SSSR count). The molecule has 0 aliphatic carbocycles. The SMILES string of the molecule is CN=C(NCCc1ccccc1Cl)NCc1noc(C(C)(C)C)n1.I. The molecule has 1 aromatic heterocycles. The fraction of sp³-hybridized carbons (Fsp3) is 0.471. The number of hydrogen-bond acceptors (Lipinski definition) is 4. The number of halogens is 2. The highest BCUT2D eigenvalue weighted by Gasteiger charge is 2.21. The Bertz CT molecular complexity index is 696. The fourth-order valence-corrected chi connectivity index (χ4v) is 2.26. The third-order valence-corrected chi connectivity index (χ3v) is 3.76. The number of aromatic nitrogens is 2. The van der Waals surface area contributed by atoms with Gasteiger partial charge in [0.2, 0.25) is 5.89 Å². The zero-order chi connectivity index (χ0) is 17.6. The second-order valence-corrected chi connectivity index (χ2v) is 6.87. The van der Waals surface area contributed by atoms with Gasteiger partial charge in [0, 0.05) is 24.0 Å². The van der Waals surface area contributed by atoms with Gasteiger partial charge < -0.3 is 15.2 Å². The molecule has 0 amide bonds. The summed E-state index contributed by atoms with van der Waals surface area (Å²) in [7, 11) is 1.72. The molecule has 0 radical (unpaired) electrons. The van der Waals surface area contributed by atoms with Crippen LogP contribution in [0.2, 0.25) is 5.02 Å². The molecule has 0 atom stereocenters. The molecule has 6 nitrogen and oxygen atoms in total. The van der Waals surface area contributed by atoms with Gasteiger partial charge in [-0.05, 0) is 18.1 Å². The molecule has 8 heteroatoms. The van der Waals surface area contributed by atoms with Crippen molar-refractivity contribution in [2.75, 3.05) is 13.6 Å². The topological polar surface area (TPSA) is 75.3 Å². The molecule has 25 heavy (non-hydrogen) atoms. The molecular weight excluding hydrogens is 453 g/mol. The van der Waals surface area contributed by atoms with Crippen molar-refractivity contribution in [1.82, 2.24) is 20.8 Å². The molecule has 0 bridgehead atoms. The lowest BCUT2D eigenvalue weighted by Gasteiger charge is -2.11. The van der Waals surface area contributed by atoms with Gasteiger partial charge in [0.25, 0.3) is 0 Å². The van der Waals surface area contributed by atoms with Crippen LogP contribution >= 0.6 is 35.6 Å². The molecular formula is C17H25ClIN5O. The molecule has 0 unspecified atom stereocenters. The third-order valence-electron chi connectivity index (χ3n) is 3.39. The predicted molar refractivity (Wildman–Crippen MR) is 112 cm³/mol. The number of nitrogens with zero attached hydrogens (tertiary/aromatic N) is 3. The standard InChI is InChI=1S/C17H24ClN5O.HI/c1-17(2,3)15-22-14(23-24-15)11-21-16(19-4)20-10-9-12-7-5-6-8-13(12)18;/h5-8H,9-11H2,1-4H3,(H2,19,20,21);1H. The Kier molecular flexibility index (Phi) is 8.64. The second-order valence-electron chi connectivity index (χ2n) is 6.46. The van der Waals surface area contributed by atoms with E-state index in [0.29, 0.717) is 24.2 Å². The zero-order valence-electron chi connectivity index (χ0n) is 15.0. The first kappa shape index (κ1) is 21.7. The molecule has 0 spiro atoms. The van der Waals surface area contributed by atoms with E-state index in [4.69, 9.17) is 16.1 Å². The van der Waals surface area contributed by atoms with E-state index < -0.39 is 0 Å². The average Bonchev–Trinajstić information content (AvgIpc) is 3.01. The number of rotatable bonds is 5. The Labute approximate surface area is 170 Å². The van der Waals surface area contributed by atoms with Crippen molar-refractivity contribution in [2.24, 2.45) is 4.99 Å². The Balaban J connectivity index is 0.00000312. The average molecular weight is 478 g/mol. The largest absolute Gasteiger partial charge is 0.356 e. The van der Waals surface area contributed by atoms with Gasteiger partial charge in [-0.1, -0.05) is 55.7 Å². The van der Waals surface area contributed by atoms with Crippen LogP contribution in [-0.4, -0.2) is 29.7 Å². The van der Waals surface area contributed by atoms with E-state index in [1.807, 2.05) is 45.0 Å². The minimum atomic E-state index is -0.153. The number of aliphatic imine (C=N–C) groups is 1. The van der Waals surface area contributed by atoms with Crippen molar-refractivity contribution in [3.05, 3.63) is 46.6 Å². The molecule has 0 saturated carbocycles.